The van der Waals surface area contributed by atoms with Crippen LogP contribution in [0.25, 0.3) is 11.4 Å². The van der Waals surface area contributed by atoms with E-state index in [0.717, 1.165) is 33.9 Å². The number of rotatable bonds is 10. The molecule has 3 aromatic heterocycles. The van der Waals surface area contributed by atoms with Gasteiger partial charge in [-0.05, 0) is 44.5 Å². The van der Waals surface area contributed by atoms with Crippen LogP contribution >= 0.6 is 11.8 Å². The summed E-state index contributed by atoms with van der Waals surface area (Å²) in [6, 6.07) is 16.2. The van der Waals surface area contributed by atoms with Crippen LogP contribution in [0.15, 0.2) is 66.1 Å². The van der Waals surface area contributed by atoms with Crippen LogP contribution in [-0.4, -0.2) is 49.6 Å². The average Bonchev–Trinajstić information content (AvgIpc) is 3.38. The van der Waals surface area contributed by atoms with Gasteiger partial charge in [-0.15, -0.1) is 10.2 Å². The Kier molecular flexibility index (Phi) is 7.59. The van der Waals surface area contributed by atoms with E-state index in [-0.39, 0.29) is 17.6 Å². The fraction of sp³-hybridized carbons (Fsp3) is 0.308. The molecule has 0 aliphatic carbocycles. The fourth-order valence-electron chi connectivity index (χ4n) is 4.27. The molecule has 7 nitrogen and oxygen atoms in total. The van der Waals surface area contributed by atoms with Gasteiger partial charge in [-0.25, -0.2) is 0 Å². The largest absolute Gasteiger partial charge is 0.383 e. The van der Waals surface area contributed by atoms with Gasteiger partial charge in [-0.2, -0.15) is 0 Å². The van der Waals surface area contributed by atoms with Crippen molar-refractivity contribution < 1.29 is 9.53 Å². The molecule has 4 aromatic rings. The number of hydrogen-bond acceptors (Lipinski definition) is 6. The summed E-state index contributed by atoms with van der Waals surface area (Å²) in [6.07, 6.45) is 3.51. The number of ketones is 1. The highest BCUT2D eigenvalue weighted by molar-refractivity contribution is 7.99. The molecule has 1 unspecified atom stereocenters. The summed E-state index contributed by atoms with van der Waals surface area (Å²) in [5, 5.41) is 9.57. The Balaban J connectivity index is 1.58. The lowest BCUT2D eigenvalue weighted by molar-refractivity contribution is 0.102. The number of aromatic nitrogens is 5. The smallest absolute Gasteiger partial charge is 0.192 e. The van der Waals surface area contributed by atoms with Crippen LogP contribution in [0.4, 0.5) is 0 Å². The van der Waals surface area contributed by atoms with Crippen LogP contribution < -0.4 is 0 Å². The lowest BCUT2D eigenvalue weighted by atomic mass is 10.2. The number of aryl methyl sites for hydroxylation is 1. The van der Waals surface area contributed by atoms with Crippen molar-refractivity contribution in [2.24, 2.45) is 0 Å². The summed E-state index contributed by atoms with van der Waals surface area (Å²) in [7, 11) is 1.69. The predicted octanol–water partition coefficient (Wildman–Crippen LogP) is 4.99. The van der Waals surface area contributed by atoms with Crippen LogP contribution in [-0.2, 0) is 11.3 Å². The maximum Gasteiger partial charge on any atom is 0.192 e. The van der Waals surface area contributed by atoms with Crippen LogP contribution in [0, 0.1) is 13.8 Å². The maximum atomic E-state index is 13.2. The third-order valence-corrected chi connectivity index (χ3v) is 6.75. The van der Waals surface area contributed by atoms with Gasteiger partial charge in [0.15, 0.2) is 16.8 Å². The summed E-state index contributed by atoms with van der Waals surface area (Å²) in [5.74, 6) is 1.09. The minimum absolute atomic E-state index is 0.0751. The number of thioether (sulfide) groups is 1. The van der Waals surface area contributed by atoms with Crippen molar-refractivity contribution in [2.75, 3.05) is 19.5 Å². The third-order valence-electron chi connectivity index (χ3n) is 5.79. The maximum absolute atomic E-state index is 13.2. The number of pyridine rings is 1. The molecular formula is C26H29N5O2S. The van der Waals surface area contributed by atoms with E-state index in [9.17, 15) is 4.79 Å². The summed E-state index contributed by atoms with van der Waals surface area (Å²) in [6.45, 7) is 7.32. The van der Waals surface area contributed by atoms with Gasteiger partial charge in [0.1, 0.15) is 0 Å². The van der Waals surface area contributed by atoms with Gasteiger partial charge in [0, 0.05) is 42.0 Å². The molecule has 8 heteroatoms. The van der Waals surface area contributed by atoms with Crippen molar-refractivity contribution in [1.82, 2.24) is 24.3 Å². The molecule has 0 radical (unpaired) electrons. The zero-order valence-electron chi connectivity index (χ0n) is 19.9. The highest BCUT2D eigenvalue weighted by Crippen LogP contribution is 2.27. The molecule has 4 rings (SSSR count). The molecule has 0 aliphatic rings. The molecule has 0 saturated heterocycles. The van der Waals surface area contributed by atoms with Gasteiger partial charge in [0.2, 0.25) is 0 Å². The van der Waals surface area contributed by atoms with Gasteiger partial charge >= 0.3 is 0 Å². The second-order valence-electron chi connectivity index (χ2n) is 8.29. The average molecular weight is 476 g/mol. The summed E-state index contributed by atoms with van der Waals surface area (Å²) in [4.78, 5) is 17.4. The third kappa shape index (κ3) is 5.13. The number of carbonyl (C=O) groups is 1. The number of Topliss-reactive ketones (excluding diaryl/α,β-unsaturated/α-hetero) is 1. The Hall–Kier alpha value is -3.23. The lowest BCUT2D eigenvalue weighted by Gasteiger charge is -2.17. The van der Waals surface area contributed by atoms with E-state index in [2.05, 4.69) is 38.8 Å². The van der Waals surface area contributed by atoms with E-state index < -0.39 is 0 Å². The van der Waals surface area contributed by atoms with E-state index in [4.69, 9.17) is 4.74 Å². The highest BCUT2D eigenvalue weighted by atomic mass is 32.2. The van der Waals surface area contributed by atoms with E-state index in [1.807, 2.05) is 54.8 Å². The number of nitrogens with zero attached hydrogens (tertiary/aromatic N) is 5. The fourth-order valence-corrected chi connectivity index (χ4v) is 5.09. The van der Waals surface area contributed by atoms with Crippen LogP contribution in [0.3, 0.4) is 0 Å². The van der Waals surface area contributed by atoms with E-state index in [1.54, 1.807) is 19.5 Å². The van der Waals surface area contributed by atoms with Gasteiger partial charge in [0.25, 0.3) is 0 Å². The number of carbonyl (C=O) groups excluding carboxylic acids is 1. The molecule has 1 atom stereocenters. The zero-order chi connectivity index (χ0) is 24.1. The van der Waals surface area contributed by atoms with E-state index in [0.29, 0.717) is 18.3 Å². The lowest BCUT2D eigenvalue weighted by Crippen LogP contribution is -2.15. The zero-order valence-corrected chi connectivity index (χ0v) is 20.7. The Labute approximate surface area is 204 Å². The number of methoxy groups -OCH3 is 1. The molecule has 0 aliphatic heterocycles. The summed E-state index contributed by atoms with van der Waals surface area (Å²) >= 11 is 1.41. The Bertz CT molecular complexity index is 1250. The molecule has 0 amide bonds. The normalized spacial score (nSPS) is 12.1. The van der Waals surface area contributed by atoms with Crippen LogP contribution in [0.1, 0.15) is 40.3 Å². The van der Waals surface area contributed by atoms with Crippen LogP contribution in [0.5, 0.6) is 0 Å². The van der Waals surface area contributed by atoms with Crippen LogP contribution in [0.2, 0.25) is 0 Å². The van der Waals surface area contributed by atoms with Crippen molar-refractivity contribution in [2.45, 2.75) is 38.5 Å². The quantitative estimate of drug-likeness (QED) is 0.238. The van der Waals surface area contributed by atoms with E-state index >= 15 is 0 Å². The minimum Gasteiger partial charge on any atom is -0.383 e. The van der Waals surface area contributed by atoms with E-state index in [1.165, 1.54) is 11.8 Å². The minimum atomic E-state index is 0.0751. The van der Waals surface area contributed by atoms with Gasteiger partial charge in [-0.3, -0.25) is 14.3 Å². The first-order chi connectivity index (χ1) is 16.5. The van der Waals surface area contributed by atoms with Gasteiger partial charge < -0.3 is 9.30 Å². The molecule has 0 saturated carbocycles. The molecule has 1 aromatic carbocycles. The number of benzene rings is 1. The topological polar surface area (TPSA) is 74.8 Å². The van der Waals surface area contributed by atoms with Crippen molar-refractivity contribution in [3.8, 4) is 11.4 Å². The highest BCUT2D eigenvalue weighted by Gasteiger charge is 2.21. The SMILES string of the molecule is COCC(C)n1c(C)cc(C(=O)CSc2nnc(-c3cccnc3)n2Cc2ccccc2)c1C. The van der Waals surface area contributed by atoms with Crippen molar-refractivity contribution in [3.63, 3.8) is 0 Å². The summed E-state index contributed by atoms with van der Waals surface area (Å²) in [5.41, 5.74) is 4.79. The van der Waals surface area contributed by atoms with Gasteiger partial charge in [0.05, 0.1) is 24.9 Å². The van der Waals surface area contributed by atoms with Crippen molar-refractivity contribution in [1.29, 1.82) is 0 Å². The first-order valence-electron chi connectivity index (χ1n) is 11.2. The summed E-state index contributed by atoms with van der Waals surface area (Å²) < 4.78 is 9.53. The first kappa shape index (κ1) is 23.9. The Morgan fingerprint density at radius 3 is 2.62 bits per heavy atom. The number of hydrogen-bond donors (Lipinski definition) is 0. The molecule has 0 fully saturated rings. The van der Waals surface area contributed by atoms with Crippen molar-refractivity contribution in [3.05, 3.63) is 83.4 Å². The first-order valence-corrected chi connectivity index (χ1v) is 12.2. The Morgan fingerprint density at radius 2 is 1.91 bits per heavy atom. The van der Waals surface area contributed by atoms with Crippen molar-refractivity contribution >= 4 is 17.5 Å². The molecular weight excluding hydrogens is 446 g/mol. The molecule has 0 bridgehead atoms. The standard InChI is InChI=1S/C26H29N5O2S/c1-18-13-23(20(3)31(18)19(2)16-33-4)24(32)17-34-26-29-28-25(22-11-8-12-27-14-22)30(26)15-21-9-6-5-7-10-21/h5-14,19H,15-17H2,1-4H3. The monoisotopic (exact) mass is 475 g/mol. The molecule has 3 heterocycles. The predicted molar refractivity (Wildman–Crippen MR) is 134 cm³/mol. The molecule has 34 heavy (non-hydrogen) atoms. The van der Waals surface area contributed by atoms with Gasteiger partial charge in [-0.1, -0.05) is 42.1 Å². The Morgan fingerprint density at radius 1 is 1.12 bits per heavy atom. The molecule has 0 N–H and O–H groups in total. The second kappa shape index (κ2) is 10.8. The number of ether oxygens (including phenoxy) is 1. The molecule has 0 spiro atoms. The second-order valence-corrected chi connectivity index (χ2v) is 9.23. The molecule has 176 valence electrons.